The van der Waals surface area contributed by atoms with Crippen molar-refractivity contribution in [1.29, 1.82) is 0 Å². The van der Waals surface area contributed by atoms with Gasteiger partial charge in [0, 0.05) is 95.6 Å². The molecule has 0 aromatic heterocycles. The van der Waals surface area contributed by atoms with E-state index in [2.05, 4.69) is 150 Å². The number of hydrazine groups is 2. The normalized spacial score (nSPS) is 29.3. The largest absolute Gasteiger partial charge is 0.493 e. The number of anilines is 2. The van der Waals surface area contributed by atoms with E-state index in [0.717, 1.165) is 147 Å². The summed E-state index contributed by atoms with van der Waals surface area (Å²) in [6.07, 6.45) is 32.5. The Morgan fingerprint density at radius 3 is 0.964 bits per heavy atom. The number of carbonyl (C=O) groups excluding carboxylic acids is 2. The maximum atomic E-state index is 15.1. The number of amides is 2. The highest BCUT2D eigenvalue weighted by Gasteiger charge is 2.58. The van der Waals surface area contributed by atoms with Crippen LogP contribution in [0.25, 0.3) is 22.3 Å². The topological polar surface area (TPSA) is 226 Å². The van der Waals surface area contributed by atoms with E-state index in [1.165, 1.54) is 174 Å². The van der Waals surface area contributed by atoms with Gasteiger partial charge in [-0.15, -0.1) is 0 Å². The lowest BCUT2D eigenvalue weighted by Gasteiger charge is -2.61. The fourth-order valence-corrected chi connectivity index (χ4v) is 33.1. The molecule has 23 heteroatoms. The summed E-state index contributed by atoms with van der Waals surface area (Å²) in [4.78, 5) is 61.5. The number of carbonyl (C=O) groups is 2. The second kappa shape index (κ2) is 38.2. The number of quaternary nitrogens is 1. The summed E-state index contributed by atoms with van der Waals surface area (Å²) in [7, 11) is 9.68. The molecule has 21 nitrogen and oxygen atoms in total. The lowest BCUT2D eigenvalue weighted by atomic mass is 9.52. The molecule has 732 valence electrons. The average Bonchev–Trinajstić information content (AvgIpc) is 1.35. The van der Waals surface area contributed by atoms with Crippen molar-refractivity contribution in [3.05, 3.63) is 233 Å². The summed E-state index contributed by atoms with van der Waals surface area (Å²) in [5.74, 6) is 11.3. The molecule has 0 spiro atoms. The monoisotopic (exact) mass is 1910 g/mol. The lowest BCUT2D eigenvalue weighted by molar-refractivity contribution is -0.978. The van der Waals surface area contributed by atoms with Crippen molar-refractivity contribution in [2.45, 2.75) is 280 Å². The smallest absolute Gasteiger partial charge is 0.217 e. The van der Waals surface area contributed by atoms with E-state index in [9.17, 15) is 9.59 Å². The van der Waals surface area contributed by atoms with Crippen LogP contribution in [0, 0.1) is 71.0 Å². The summed E-state index contributed by atoms with van der Waals surface area (Å²) < 4.78 is 36.7. The van der Waals surface area contributed by atoms with E-state index in [1.54, 1.807) is 54.8 Å². The van der Waals surface area contributed by atoms with Crippen LogP contribution >= 0.6 is 24.4 Å². The molecule has 16 saturated carbocycles. The van der Waals surface area contributed by atoms with Gasteiger partial charge in [-0.1, -0.05) is 84.9 Å². The lowest BCUT2D eigenvalue weighted by Crippen LogP contribution is -2.63. The first-order valence-electron chi connectivity index (χ1n) is 52.3. The standard InChI is InChI=1S/C116H141N11O10S2/c1-69(128)119-97-25-21-91-45-103(132-3)107(134-5)109(136-7)105(91)93-23-27-99(101(130)47-95(93)97)121-123-111(138)125(115-55-85-39-86(56-115)41-87(40-85)57-115)63-73-15-11-19-77(31-73)67-127(65-75-17-9-13-71(29-75)61-117-113-49-79-33-80(50-113)35-81(34-79)51-113,66-76-18-10-14-72(30-76)62-118-114-52-82-36-83(53-114)38-84(37-82)54-114)68-78-20-12-16-74(32-78)64-126(116-58-88-42-89(59-116)44-90(43-88)60-116)112(139)124-122-100-28-24-94-96(48-102(100)131)98(120-70(2)129)26-22-92-46-104(133-4)108(135-6)110(137-8)106(92)94/h9-20,23-24,27-32,45-48,79-90,97-98,117-118H,21-22,25-26,33-44,49-68H2,1-8H3,(H5-,119,120,121,122,123,124,128,129,130,131,138,139)/p+1/t79?,80?,81?,82?,83?,84?,85?,86?,87?,88?,89?,90?,97-,98-,113?,114?,115?,116?,127?/m0/s1. The molecule has 18 aliphatic carbocycles. The number of thiocarbonyl (C=S) groups is 2. The van der Waals surface area contributed by atoms with Gasteiger partial charge in [-0.3, -0.25) is 40.9 Å². The fourth-order valence-electron chi connectivity index (χ4n) is 32.5. The van der Waals surface area contributed by atoms with Crippen LogP contribution in [0.2, 0.25) is 0 Å². The van der Waals surface area contributed by atoms with Gasteiger partial charge < -0.3 is 64.0 Å². The number of nitrogens with one attached hydrogen (secondary N) is 8. The highest BCUT2D eigenvalue weighted by molar-refractivity contribution is 7.80. The van der Waals surface area contributed by atoms with Crippen LogP contribution < -0.4 is 82.2 Å². The summed E-state index contributed by atoms with van der Waals surface area (Å²) in [5.41, 5.74) is 30.7. The van der Waals surface area contributed by atoms with Crippen LogP contribution in [0.15, 0.2) is 155 Å². The van der Waals surface area contributed by atoms with Crippen molar-refractivity contribution in [1.82, 2.24) is 41.9 Å². The maximum absolute atomic E-state index is 15.1. The van der Waals surface area contributed by atoms with Crippen molar-refractivity contribution in [2.75, 3.05) is 53.5 Å². The minimum absolute atomic E-state index is 0.191. The zero-order valence-corrected chi connectivity index (χ0v) is 84.3. The summed E-state index contributed by atoms with van der Waals surface area (Å²) >= 11 is 13.7. The Labute approximate surface area is 831 Å². The van der Waals surface area contributed by atoms with Crippen molar-refractivity contribution in [2.24, 2.45) is 71.0 Å². The zero-order chi connectivity index (χ0) is 95.4. The summed E-state index contributed by atoms with van der Waals surface area (Å²) in [6, 6.07) is 52.3. The Kier molecular flexibility index (Phi) is 25.7. The average molecular weight is 1910 g/mol. The molecule has 0 saturated heterocycles. The van der Waals surface area contributed by atoms with Crippen LogP contribution in [0.5, 0.6) is 34.5 Å². The third kappa shape index (κ3) is 18.8. The predicted octanol–water partition coefficient (Wildman–Crippen LogP) is 20.4. The van der Waals surface area contributed by atoms with Crippen LogP contribution in [-0.2, 0) is 74.8 Å². The van der Waals surface area contributed by atoms with Crippen LogP contribution in [0.1, 0.15) is 260 Å². The van der Waals surface area contributed by atoms with Crippen molar-refractivity contribution in [3.8, 4) is 56.8 Å². The SMILES string of the molecule is COc1cc2c(c(OC)c1OC)-c1ccc(NNC(=S)N(Cc3cccc(C[N+](Cc4cccc(CNC56CC7CC(CC(C7)C5)C6)c4)(Cc4cccc(CNC56CC7CC(CC(C7)C5)C6)c4)Cc4cccc(CN(C(=S)NNc5ccc6c(cc5=O)[C@@H](NC(C)=O)CCc5cc(OC)c(OC)c(OC)c5-6)C56CC7CC(CC(C7)C5)C6)c4)c3)C34CC5CC(CC(C5)C3)C4)c(=O)cc1[C@@H](NC(C)=O)CC2. The molecular weight excluding hydrogens is 1770 g/mol. The molecule has 26 rings (SSSR count). The first-order valence-corrected chi connectivity index (χ1v) is 53.1. The number of ether oxygens (including phenoxy) is 6. The highest BCUT2D eigenvalue weighted by atomic mass is 32.1. The Hall–Kier alpha value is -10.3. The Morgan fingerprint density at radius 1 is 0.367 bits per heavy atom. The Balaban J connectivity index is 0.618. The minimum Gasteiger partial charge on any atom is -0.493 e. The maximum Gasteiger partial charge on any atom is 0.217 e. The number of methoxy groups -OCH3 is 6. The van der Waals surface area contributed by atoms with Gasteiger partial charge in [-0.25, -0.2) is 0 Å². The molecule has 18 aliphatic rings. The third-order valence-electron chi connectivity index (χ3n) is 36.2. The quantitative estimate of drug-likeness (QED) is 0.0111. The molecule has 0 unspecified atom stereocenters. The Morgan fingerprint density at radius 2 is 0.662 bits per heavy atom. The molecule has 0 aliphatic heterocycles. The molecule has 16 bridgehead atoms. The third-order valence-corrected chi connectivity index (χ3v) is 36.9. The van der Waals surface area contributed by atoms with Gasteiger partial charge in [0.05, 0.1) is 54.7 Å². The molecule has 0 heterocycles. The van der Waals surface area contributed by atoms with Gasteiger partial charge in [0.25, 0.3) is 0 Å². The number of benzene rings is 6. The van der Waals surface area contributed by atoms with E-state index < -0.39 is 12.1 Å². The van der Waals surface area contributed by atoms with Gasteiger partial charge in [0.1, 0.15) is 37.6 Å². The van der Waals surface area contributed by atoms with Crippen LogP contribution in [-0.4, -0.2) is 101 Å². The molecule has 2 amide bonds. The predicted molar refractivity (Wildman–Crippen MR) is 553 cm³/mol. The van der Waals surface area contributed by atoms with Gasteiger partial charge in [0.15, 0.2) is 33.2 Å². The van der Waals surface area contributed by atoms with E-state index in [4.69, 9.17) is 52.9 Å². The molecule has 8 aromatic carbocycles. The van der Waals surface area contributed by atoms with Gasteiger partial charge in [-0.2, -0.15) is 0 Å². The number of nitrogens with zero attached hydrogens (tertiary/aromatic N) is 3. The van der Waals surface area contributed by atoms with Gasteiger partial charge >= 0.3 is 0 Å². The first kappa shape index (κ1) is 93.7. The second-order valence-electron chi connectivity index (χ2n) is 46.1. The highest BCUT2D eigenvalue weighted by Crippen LogP contribution is 2.63. The number of fused-ring (bicyclic) bond motifs is 6. The number of hydrogen-bond acceptors (Lipinski definition) is 16. The van der Waals surface area contributed by atoms with E-state index in [-0.39, 0.29) is 44.8 Å². The molecule has 8 aromatic rings. The molecule has 2 atom stereocenters. The van der Waals surface area contributed by atoms with E-state index >= 15 is 9.59 Å². The summed E-state index contributed by atoms with van der Waals surface area (Å²) in [6.45, 7) is 8.88. The zero-order valence-electron chi connectivity index (χ0n) is 82.6. The number of rotatable bonds is 32. The second-order valence-corrected chi connectivity index (χ2v) is 46.9. The summed E-state index contributed by atoms with van der Waals surface area (Å²) in [5, 5.41) is 16.2. The van der Waals surface area contributed by atoms with Crippen molar-refractivity contribution >= 4 is 57.8 Å². The number of aryl methyl sites for hydroxylation is 2. The van der Waals surface area contributed by atoms with Crippen molar-refractivity contribution < 1.29 is 42.5 Å². The van der Waals surface area contributed by atoms with Crippen LogP contribution in [0.4, 0.5) is 11.4 Å². The van der Waals surface area contributed by atoms with Crippen molar-refractivity contribution in [3.63, 3.8) is 0 Å². The molecule has 8 N–H and O–H groups in total. The first-order chi connectivity index (χ1) is 67.4. The van der Waals surface area contributed by atoms with Gasteiger partial charge in [0.2, 0.25) is 34.2 Å². The van der Waals surface area contributed by atoms with E-state index in [1.807, 2.05) is 36.4 Å². The van der Waals surface area contributed by atoms with Gasteiger partial charge in [-0.05, 0) is 392 Å². The number of hydrogen-bond donors (Lipinski definition) is 8. The van der Waals surface area contributed by atoms with E-state index in [0.29, 0.717) is 146 Å². The Bertz CT molecular complexity index is 5710. The molecule has 0 radical (unpaired) electrons. The minimum atomic E-state index is -0.472. The molecular formula is C116H142N11O10S2+. The molecule has 139 heavy (non-hydrogen) atoms. The fraction of sp³-hybridized carbons (Fsp3) is 0.534. The van der Waals surface area contributed by atoms with Crippen LogP contribution in [0.3, 0.4) is 0 Å². The molecule has 16 fully saturated rings.